The average Bonchev–Trinajstić information content (AvgIpc) is 2.65. The van der Waals surface area contributed by atoms with Gasteiger partial charge in [0.2, 0.25) is 0 Å². The van der Waals surface area contributed by atoms with Crippen LogP contribution in [0.15, 0.2) is 48.6 Å². The molecule has 4 nitrogen and oxygen atoms in total. The second-order valence-corrected chi connectivity index (χ2v) is 7.00. The van der Waals surface area contributed by atoms with E-state index in [0.717, 1.165) is 35.9 Å². The second kappa shape index (κ2) is 5.76. The van der Waals surface area contributed by atoms with Crippen molar-refractivity contribution in [2.24, 2.45) is 11.8 Å². The molecule has 0 bridgehead atoms. The number of aromatic nitrogens is 2. The molecule has 2 aliphatic carbocycles. The largest absolute Gasteiger partial charge is 0.515 e. The topological polar surface area (TPSA) is 63.1 Å². The molecule has 25 heavy (non-hydrogen) atoms. The molecule has 0 saturated heterocycles. The highest BCUT2D eigenvalue weighted by molar-refractivity contribution is 5.98. The van der Waals surface area contributed by atoms with Crippen LogP contribution in [-0.4, -0.2) is 20.9 Å². The Balaban J connectivity index is 2.01. The van der Waals surface area contributed by atoms with Gasteiger partial charge in [0, 0.05) is 23.1 Å². The Labute approximate surface area is 145 Å². The first-order valence-electron chi connectivity index (χ1n) is 8.51. The maximum Gasteiger partial charge on any atom is 0.165 e. The van der Waals surface area contributed by atoms with Gasteiger partial charge in [-0.25, -0.2) is 14.4 Å². The predicted octanol–water partition coefficient (Wildman–Crippen LogP) is 3.52. The van der Waals surface area contributed by atoms with E-state index in [1.807, 2.05) is 13.1 Å². The van der Waals surface area contributed by atoms with E-state index in [9.17, 15) is 14.3 Å². The fraction of sp³-hybridized carbons (Fsp3) is 0.350. The first kappa shape index (κ1) is 15.9. The fourth-order valence-corrected chi connectivity index (χ4v) is 4.74. The molecule has 1 N–H and O–H groups in total. The van der Waals surface area contributed by atoms with Gasteiger partial charge in [-0.05, 0) is 48.4 Å². The Kier molecular flexibility index (Phi) is 3.67. The van der Waals surface area contributed by atoms with E-state index in [2.05, 4.69) is 9.97 Å². The van der Waals surface area contributed by atoms with E-state index >= 15 is 0 Å². The van der Waals surface area contributed by atoms with Crippen LogP contribution in [0.4, 0.5) is 4.39 Å². The Hall–Kier alpha value is -2.56. The minimum atomic E-state index is -0.549. The molecule has 0 amide bonds. The van der Waals surface area contributed by atoms with Crippen molar-refractivity contribution in [1.82, 2.24) is 9.97 Å². The van der Waals surface area contributed by atoms with E-state index in [0.29, 0.717) is 12.0 Å². The SMILES string of the molecule is C[C@@H]1C(=O)/C(=C\O)C[C@]2(c3ccc(F)cc3)c3ncncc3CC[C@@H]12. The summed E-state index contributed by atoms with van der Waals surface area (Å²) >= 11 is 0. The molecule has 4 rings (SSSR count). The van der Waals surface area contributed by atoms with Gasteiger partial charge in [0.05, 0.1) is 12.0 Å². The van der Waals surface area contributed by atoms with Crippen molar-refractivity contribution in [3.63, 3.8) is 0 Å². The van der Waals surface area contributed by atoms with Crippen molar-refractivity contribution in [3.8, 4) is 0 Å². The highest BCUT2D eigenvalue weighted by Crippen LogP contribution is 2.55. The Morgan fingerprint density at radius 1 is 1.32 bits per heavy atom. The van der Waals surface area contributed by atoms with Crippen LogP contribution in [0.2, 0.25) is 0 Å². The van der Waals surface area contributed by atoms with Gasteiger partial charge in [0.1, 0.15) is 12.1 Å². The molecule has 0 radical (unpaired) electrons. The molecule has 0 unspecified atom stereocenters. The summed E-state index contributed by atoms with van der Waals surface area (Å²) in [5.74, 6) is -0.493. The molecular weight excluding hydrogens is 319 g/mol. The third-order valence-corrected chi connectivity index (χ3v) is 5.89. The van der Waals surface area contributed by atoms with Gasteiger partial charge >= 0.3 is 0 Å². The number of hydrogen-bond acceptors (Lipinski definition) is 4. The number of carbonyl (C=O) groups is 1. The van der Waals surface area contributed by atoms with E-state index in [1.165, 1.54) is 18.5 Å². The van der Waals surface area contributed by atoms with Gasteiger partial charge in [-0.15, -0.1) is 0 Å². The summed E-state index contributed by atoms with van der Waals surface area (Å²) in [4.78, 5) is 21.4. The minimum absolute atomic E-state index is 0.0113. The lowest BCUT2D eigenvalue weighted by Gasteiger charge is -2.50. The van der Waals surface area contributed by atoms with Gasteiger partial charge < -0.3 is 5.11 Å². The van der Waals surface area contributed by atoms with Crippen LogP contribution in [0.3, 0.4) is 0 Å². The third kappa shape index (κ3) is 2.22. The highest BCUT2D eigenvalue weighted by atomic mass is 19.1. The normalized spacial score (nSPS) is 30.0. The summed E-state index contributed by atoms with van der Waals surface area (Å²) in [5, 5.41) is 9.65. The van der Waals surface area contributed by atoms with Crippen LogP contribution in [0.25, 0.3) is 0 Å². The van der Waals surface area contributed by atoms with Gasteiger partial charge in [0.15, 0.2) is 5.78 Å². The van der Waals surface area contributed by atoms with E-state index in [1.54, 1.807) is 12.1 Å². The number of aliphatic hydroxyl groups is 1. The van der Waals surface area contributed by atoms with Gasteiger partial charge in [-0.1, -0.05) is 19.1 Å². The lowest BCUT2D eigenvalue weighted by Crippen LogP contribution is -2.50. The molecule has 128 valence electrons. The molecule has 2 aliphatic rings. The van der Waals surface area contributed by atoms with Crippen LogP contribution in [0.1, 0.15) is 36.6 Å². The zero-order chi connectivity index (χ0) is 17.6. The Bertz CT molecular complexity index is 862. The number of Topliss-reactive ketones (excluding diaryl/α,β-unsaturated/α-hetero) is 1. The molecule has 1 aromatic carbocycles. The molecule has 1 saturated carbocycles. The van der Waals surface area contributed by atoms with Crippen molar-refractivity contribution < 1.29 is 14.3 Å². The number of halogens is 1. The van der Waals surface area contributed by atoms with Crippen molar-refractivity contribution in [2.45, 2.75) is 31.6 Å². The molecule has 2 aromatic rings. The zero-order valence-electron chi connectivity index (χ0n) is 13.9. The van der Waals surface area contributed by atoms with Gasteiger partial charge in [-0.3, -0.25) is 4.79 Å². The Morgan fingerprint density at radius 3 is 2.80 bits per heavy atom. The number of carbonyl (C=O) groups excluding carboxylic acids is 1. The number of allylic oxidation sites excluding steroid dienone is 1. The third-order valence-electron chi connectivity index (χ3n) is 5.89. The fourth-order valence-electron chi connectivity index (χ4n) is 4.74. The summed E-state index contributed by atoms with van der Waals surface area (Å²) < 4.78 is 13.5. The minimum Gasteiger partial charge on any atom is -0.515 e. The number of aryl methyl sites for hydroxylation is 1. The molecule has 1 heterocycles. The number of hydrogen-bond donors (Lipinski definition) is 1. The van der Waals surface area contributed by atoms with Crippen LogP contribution in [0.5, 0.6) is 0 Å². The lowest BCUT2D eigenvalue weighted by molar-refractivity contribution is -0.123. The maximum absolute atomic E-state index is 13.5. The van der Waals surface area contributed by atoms with Crippen LogP contribution < -0.4 is 0 Å². The van der Waals surface area contributed by atoms with Crippen LogP contribution in [-0.2, 0) is 16.6 Å². The highest BCUT2D eigenvalue weighted by Gasteiger charge is 2.54. The van der Waals surface area contributed by atoms with Crippen molar-refractivity contribution in [2.75, 3.05) is 0 Å². The molecule has 1 fully saturated rings. The number of ketones is 1. The average molecular weight is 338 g/mol. The van der Waals surface area contributed by atoms with Crippen LogP contribution in [0, 0.1) is 17.7 Å². The van der Waals surface area contributed by atoms with Crippen molar-refractivity contribution in [1.29, 1.82) is 0 Å². The second-order valence-electron chi connectivity index (χ2n) is 7.00. The smallest absolute Gasteiger partial charge is 0.165 e. The molecule has 1 aromatic heterocycles. The Morgan fingerprint density at radius 2 is 2.08 bits per heavy atom. The number of nitrogens with zero attached hydrogens (tertiary/aromatic N) is 2. The molecule has 3 atom stereocenters. The van der Waals surface area contributed by atoms with E-state index in [4.69, 9.17) is 0 Å². The quantitative estimate of drug-likeness (QED) is 0.638. The summed E-state index contributed by atoms with van der Waals surface area (Å²) in [7, 11) is 0. The first-order chi connectivity index (χ1) is 12.1. The van der Waals surface area contributed by atoms with Gasteiger partial charge in [0.25, 0.3) is 0 Å². The number of aliphatic hydroxyl groups excluding tert-OH is 1. The number of fused-ring (bicyclic) bond motifs is 3. The zero-order valence-corrected chi connectivity index (χ0v) is 13.9. The standard InChI is InChI=1S/C20H19FN2O2/c1-12-17-7-2-13-9-22-11-23-19(13)20(17,8-14(10-24)18(12)25)15-3-5-16(21)6-4-15/h3-6,9-12,17,24H,2,7-8H2,1H3/b14-10-/t12-,17-,20+/m0/s1. The predicted molar refractivity (Wildman–Crippen MR) is 90.5 cm³/mol. The summed E-state index contributed by atoms with van der Waals surface area (Å²) in [6, 6.07) is 6.44. The van der Waals surface area contributed by atoms with E-state index < -0.39 is 5.41 Å². The maximum atomic E-state index is 13.5. The molecule has 0 spiro atoms. The number of benzene rings is 1. The summed E-state index contributed by atoms with van der Waals surface area (Å²) in [6.07, 6.45) is 6.30. The monoisotopic (exact) mass is 338 g/mol. The summed E-state index contributed by atoms with van der Waals surface area (Å²) in [6.45, 7) is 1.92. The van der Waals surface area contributed by atoms with Crippen LogP contribution >= 0.6 is 0 Å². The van der Waals surface area contributed by atoms with Crippen molar-refractivity contribution in [3.05, 3.63) is 71.3 Å². The van der Waals surface area contributed by atoms with Gasteiger partial charge in [-0.2, -0.15) is 0 Å². The van der Waals surface area contributed by atoms with Crippen molar-refractivity contribution >= 4 is 5.78 Å². The first-order valence-corrected chi connectivity index (χ1v) is 8.51. The summed E-state index contributed by atoms with van der Waals surface area (Å²) in [5.41, 5.74) is 2.73. The van der Waals surface area contributed by atoms with E-state index in [-0.39, 0.29) is 23.4 Å². The molecule has 5 heteroatoms. The lowest BCUT2D eigenvalue weighted by atomic mass is 9.52. The molecule has 0 aliphatic heterocycles. The molecular formula is C20H19FN2O2. The number of rotatable bonds is 1.